The van der Waals surface area contributed by atoms with E-state index in [0.717, 1.165) is 11.3 Å². The van der Waals surface area contributed by atoms with Crippen molar-refractivity contribution in [2.24, 2.45) is 5.84 Å². The van der Waals surface area contributed by atoms with Gasteiger partial charge in [-0.05, 0) is 38.1 Å². The molecule has 0 atom stereocenters. The van der Waals surface area contributed by atoms with Gasteiger partial charge in [0.1, 0.15) is 5.75 Å². The second-order valence-electron chi connectivity index (χ2n) is 3.92. The third-order valence-corrected chi connectivity index (χ3v) is 2.70. The molecular weight excluding hydrogens is 246 g/mol. The van der Waals surface area contributed by atoms with Crippen molar-refractivity contribution in [2.45, 2.75) is 13.8 Å². The van der Waals surface area contributed by atoms with E-state index in [0.29, 0.717) is 17.9 Å². The molecule has 1 aromatic carbocycles. The van der Waals surface area contributed by atoms with Crippen molar-refractivity contribution >= 4 is 5.91 Å². The Labute approximate surface area is 110 Å². The van der Waals surface area contributed by atoms with Crippen LogP contribution in [-0.2, 0) is 0 Å². The maximum Gasteiger partial charge on any atom is 0.287 e. The molecule has 1 amide bonds. The number of hydrogen-bond donors (Lipinski definition) is 2. The first-order valence-corrected chi connectivity index (χ1v) is 5.87. The van der Waals surface area contributed by atoms with Crippen molar-refractivity contribution in [3.63, 3.8) is 0 Å². The van der Waals surface area contributed by atoms with E-state index >= 15 is 0 Å². The van der Waals surface area contributed by atoms with Gasteiger partial charge in [-0.1, -0.05) is 5.16 Å². The van der Waals surface area contributed by atoms with Crippen molar-refractivity contribution in [2.75, 3.05) is 6.61 Å². The van der Waals surface area contributed by atoms with E-state index in [1.54, 1.807) is 6.92 Å². The highest BCUT2D eigenvalue weighted by Crippen LogP contribution is 2.27. The molecule has 2 aromatic rings. The van der Waals surface area contributed by atoms with Crippen LogP contribution in [0.1, 0.15) is 23.0 Å². The number of hydrogen-bond acceptors (Lipinski definition) is 5. The van der Waals surface area contributed by atoms with E-state index in [-0.39, 0.29) is 5.69 Å². The van der Waals surface area contributed by atoms with Gasteiger partial charge in [0.2, 0.25) is 0 Å². The monoisotopic (exact) mass is 261 g/mol. The Hall–Kier alpha value is -2.34. The summed E-state index contributed by atoms with van der Waals surface area (Å²) in [6.45, 7) is 4.29. The lowest BCUT2D eigenvalue weighted by Gasteiger charge is -2.03. The second-order valence-corrected chi connectivity index (χ2v) is 3.92. The zero-order valence-electron chi connectivity index (χ0n) is 10.8. The minimum absolute atomic E-state index is 0.186. The molecule has 100 valence electrons. The molecule has 1 heterocycles. The highest BCUT2D eigenvalue weighted by atomic mass is 16.5. The maximum atomic E-state index is 11.4. The number of nitrogens with zero attached hydrogens (tertiary/aromatic N) is 1. The van der Waals surface area contributed by atoms with Crippen molar-refractivity contribution in [3.8, 4) is 17.1 Å². The van der Waals surface area contributed by atoms with Gasteiger partial charge in [0.25, 0.3) is 5.91 Å². The van der Waals surface area contributed by atoms with E-state index in [4.69, 9.17) is 15.1 Å². The highest BCUT2D eigenvalue weighted by molar-refractivity contribution is 5.94. The summed E-state index contributed by atoms with van der Waals surface area (Å²) < 4.78 is 10.6. The third-order valence-electron chi connectivity index (χ3n) is 2.70. The quantitative estimate of drug-likeness (QED) is 0.496. The summed E-state index contributed by atoms with van der Waals surface area (Å²) in [4.78, 5) is 11.4. The van der Waals surface area contributed by atoms with Crippen LogP contribution >= 0.6 is 0 Å². The van der Waals surface area contributed by atoms with Crippen molar-refractivity contribution < 1.29 is 14.1 Å². The summed E-state index contributed by atoms with van der Waals surface area (Å²) in [6, 6.07) is 7.37. The van der Waals surface area contributed by atoms with Crippen LogP contribution in [0.4, 0.5) is 0 Å². The van der Waals surface area contributed by atoms with E-state index in [2.05, 4.69) is 5.16 Å². The molecule has 0 fully saturated rings. The zero-order chi connectivity index (χ0) is 13.8. The summed E-state index contributed by atoms with van der Waals surface area (Å²) in [5.41, 5.74) is 3.69. The first-order chi connectivity index (χ1) is 9.17. The lowest BCUT2D eigenvalue weighted by Crippen LogP contribution is -2.30. The van der Waals surface area contributed by atoms with Crippen molar-refractivity contribution in [3.05, 3.63) is 35.5 Å². The van der Waals surface area contributed by atoms with Gasteiger partial charge in [0, 0.05) is 11.1 Å². The Morgan fingerprint density at radius 3 is 2.68 bits per heavy atom. The second kappa shape index (κ2) is 5.53. The normalized spacial score (nSPS) is 10.3. The minimum Gasteiger partial charge on any atom is -0.494 e. The number of ether oxygens (including phenoxy) is 1. The maximum absolute atomic E-state index is 11.4. The molecule has 0 saturated heterocycles. The van der Waals surface area contributed by atoms with E-state index in [1.807, 2.05) is 36.6 Å². The molecular formula is C13H15N3O3. The number of nitrogens with one attached hydrogen (secondary N) is 1. The van der Waals surface area contributed by atoms with Crippen LogP contribution < -0.4 is 16.0 Å². The number of rotatable bonds is 4. The molecule has 0 spiro atoms. The topological polar surface area (TPSA) is 90.4 Å². The number of amides is 1. The summed E-state index contributed by atoms with van der Waals surface area (Å²) in [7, 11) is 0. The molecule has 0 radical (unpaired) electrons. The average Bonchev–Trinajstić information content (AvgIpc) is 2.81. The Morgan fingerprint density at radius 2 is 2.11 bits per heavy atom. The van der Waals surface area contributed by atoms with Crippen LogP contribution in [0.5, 0.6) is 5.75 Å². The van der Waals surface area contributed by atoms with Crippen molar-refractivity contribution in [1.29, 1.82) is 0 Å². The summed E-state index contributed by atoms with van der Waals surface area (Å²) in [5, 5.41) is 3.72. The van der Waals surface area contributed by atoms with Crippen LogP contribution in [0.15, 0.2) is 28.8 Å². The predicted octanol–water partition coefficient (Wildman–Crippen LogP) is 1.65. The Morgan fingerprint density at radius 1 is 1.42 bits per heavy atom. The Kier molecular flexibility index (Phi) is 3.82. The molecule has 19 heavy (non-hydrogen) atoms. The number of nitrogen functional groups attached to an aromatic ring is 1. The number of nitrogens with two attached hydrogens (primary N) is 1. The van der Waals surface area contributed by atoms with Gasteiger partial charge in [0.15, 0.2) is 11.5 Å². The Bertz CT molecular complexity index is 575. The van der Waals surface area contributed by atoms with Crippen LogP contribution in [-0.4, -0.2) is 17.7 Å². The van der Waals surface area contributed by atoms with Crippen molar-refractivity contribution in [1.82, 2.24) is 10.6 Å². The fourth-order valence-corrected chi connectivity index (χ4v) is 1.75. The van der Waals surface area contributed by atoms with E-state index in [1.165, 1.54) is 0 Å². The minimum atomic E-state index is -0.474. The molecule has 0 saturated carbocycles. The fourth-order valence-electron chi connectivity index (χ4n) is 1.75. The van der Waals surface area contributed by atoms with Gasteiger partial charge in [0.05, 0.1) is 6.61 Å². The highest BCUT2D eigenvalue weighted by Gasteiger charge is 2.18. The molecule has 0 unspecified atom stereocenters. The van der Waals surface area contributed by atoms with Gasteiger partial charge in [-0.25, -0.2) is 5.84 Å². The van der Waals surface area contributed by atoms with Gasteiger partial charge >= 0.3 is 0 Å². The molecule has 2 rings (SSSR count). The lowest BCUT2D eigenvalue weighted by atomic mass is 10.1. The number of carbonyl (C=O) groups excluding carboxylic acids is 1. The first-order valence-electron chi connectivity index (χ1n) is 5.87. The number of benzene rings is 1. The van der Waals surface area contributed by atoms with E-state index in [9.17, 15) is 4.79 Å². The Balaban J connectivity index is 2.32. The van der Waals surface area contributed by atoms with Gasteiger partial charge in [-0.15, -0.1) is 0 Å². The standard InChI is InChI=1S/C13H15N3O3/c1-3-18-10-6-4-9(5-7-10)12-8(2)11(16-19-12)13(17)15-14/h4-7H,3,14H2,1-2H3,(H,15,17). The first kappa shape index (κ1) is 13.1. The van der Waals surface area contributed by atoms with Gasteiger partial charge < -0.3 is 9.26 Å². The molecule has 3 N–H and O–H groups in total. The number of carbonyl (C=O) groups is 1. The molecule has 0 aliphatic carbocycles. The lowest BCUT2D eigenvalue weighted by molar-refractivity contribution is 0.0944. The van der Waals surface area contributed by atoms with Crippen LogP contribution in [0, 0.1) is 6.92 Å². The van der Waals surface area contributed by atoms with Gasteiger partial charge in [-0.2, -0.15) is 0 Å². The fraction of sp³-hybridized carbons (Fsp3) is 0.231. The molecule has 6 heteroatoms. The summed E-state index contributed by atoms with van der Waals surface area (Å²) >= 11 is 0. The number of aromatic nitrogens is 1. The molecule has 0 aliphatic heterocycles. The molecule has 0 aliphatic rings. The average molecular weight is 261 g/mol. The molecule has 0 bridgehead atoms. The summed E-state index contributed by atoms with van der Waals surface area (Å²) in [6.07, 6.45) is 0. The largest absolute Gasteiger partial charge is 0.494 e. The summed E-state index contributed by atoms with van der Waals surface area (Å²) in [5.74, 6) is 5.93. The predicted molar refractivity (Wildman–Crippen MR) is 69.5 cm³/mol. The third kappa shape index (κ3) is 2.58. The van der Waals surface area contributed by atoms with Gasteiger partial charge in [-0.3, -0.25) is 10.2 Å². The zero-order valence-corrected chi connectivity index (χ0v) is 10.8. The smallest absolute Gasteiger partial charge is 0.287 e. The van der Waals surface area contributed by atoms with E-state index < -0.39 is 5.91 Å². The SMILES string of the molecule is CCOc1ccc(-c2onc(C(=O)NN)c2C)cc1. The van der Waals surface area contributed by atoms with Crippen LogP contribution in [0.25, 0.3) is 11.3 Å². The molecule has 6 nitrogen and oxygen atoms in total. The van der Waals surface area contributed by atoms with Crippen LogP contribution in [0.3, 0.4) is 0 Å². The van der Waals surface area contributed by atoms with Crippen LogP contribution in [0.2, 0.25) is 0 Å². The molecule has 1 aromatic heterocycles. The number of hydrazine groups is 1.